The molecule has 0 aliphatic heterocycles. The summed E-state index contributed by atoms with van der Waals surface area (Å²) in [5.74, 6) is 0. The maximum absolute atomic E-state index is 5.24. The Kier molecular flexibility index (Phi) is 6.04. The van der Waals surface area contributed by atoms with Crippen LogP contribution in [-0.2, 0) is 11.3 Å². The normalized spacial score (nSPS) is 10.4. The second-order valence-electron chi connectivity index (χ2n) is 3.26. The van der Waals surface area contributed by atoms with Crippen molar-refractivity contribution < 1.29 is 4.84 Å². The van der Waals surface area contributed by atoms with E-state index in [1.165, 1.54) is 12.0 Å². The summed E-state index contributed by atoms with van der Waals surface area (Å²) < 4.78 is 0. The van der Waals surface area contributed by atoms with Gasteiger partial charge in [0.15, 0.2) is 0 Å². The summed E-state index contributed by atoms with van der Waals surface area (Å²) in [4.78, 5) is 5.24. The highest BCUT2D eigenvalue weighted by atomic mass is 16.6. The quantitative estimate of drug-likeness (QED) is 0.529. The fourth-order valence-electron chi connectivity index (χ4n) is 1.14. The lowest BCUT2D eigenvalue weighted by Gasteiger charge is -2.04. The third-order valence-corrected chi connectivity index (χ3v) is 1.99. The molecule has 1 rings (SSSR count). The Hall–Kier alpha value is -0.860. The molecule has 1 radical (unpaired) electrons. The van der Waals surface area contributed by atoms with E-state index in [2.05, 4.69) is 24.5 Å². The second kappa shape index (κ2) is 7.54. The van der Waals surface area contributed by atoms with Crippen LogP contribution in [0.1, 0.15) is 25.3 Å². The molecule has 14 heavy (non-hydrogen) atoms. The van der Waals surface area contributed by atoms with Gasteiger partial charge in [-0.15, -0.1) is 0 Å². The SMILES string of the molecule is CCCCONCCc1c[c]ccc1. The van der Waals surface area contributed by atoms with Crippen molar-refractivity contribution in [2.24, 2.45) is 0 Å². The predicted octanol–water partition coefficient (Wildman–Crippen LogP) is 2.35. The largest absolute Gasteiger partial charge is 0.302 e. The third kappa shape index (κ3) is 5.00. The van der Waals surface area contributed by atoms with Crippen molar-refractivity contribution >= 4 is 0 Å². The van der Waals surface area contributed by atoms with Gasteiger partial charge in [0, 0.05) is 6.54 Å². The number of unbranched alkanes of at least 4 members (excludes halogenated alkanes) is 1. The highest BCUT2D eigenvalue weighted by Crippen LogP contribution is 1.97. The topological polar surface area (TPSA) is 21.3 Å². The minimum absolute atomic E-state index is 0.803. The van der Waals surface area contributed by atoms with Crippen LogP contribution in [0.3, 0.4) is 0 Å². The first kappa shape index (κ1) is 11.2. The van der Waals surface area contributed by atoms with E-state index in [-0.39, 0.29) is 0 Å². The first-order valence-corrected chi connectivity index (χ1v) is 5.23. The van der Waals surface area contributed by atoms with Gasteiger partial charge in [0.25, 0.3) is 0 Å². The summed E-state index contributed by atoms with van der Waals surface area (Å²) in [6.45, 7) is 3.82. The average molecular weight is 192 g/mol. The zero-order valence-electron chi connectivity index (χ0n) is 8.75. The summed E-state index contributed by atoms with van der Waals surface area (Å²) in [5, 5.41) is 0. The van der Waals surface area contributed by atoms with Crippen LogP contribution >= 0.6 is 0 Å². The van der Waals surface area contributed by atoms with Crippen molar-refractivity contribution in [2.75, 3.05) is 13.2 Å². The van der Waals surface area contributed by atoms with Crippen molar-refractivity contribution in [3.63, 3.8) is 0 Å². The van der Waals surface area contributed by atoms with Crippen LogP contribution in [0, 0.1) is 6.07 Å². The van der Waals surface area contributed by atoms with Crippen molar-refractivity contribution in [2.45, 2.75) is 26.2 Å². The highest BCUT2D eigenvalue weighted by molar-refractivity contribution is 5.13. The van der Waals surface area contributed by atoms with Crippen LogP contribution in [0.4, 0.5) is 0 Å². The first-order valence-electron chi connectivity index (χ1n) is 5.23. The average Bonchev–Trinajstić information content (AvgIpc) is 2.25. The first-order chi connectivity index (χ1) is 6.93. The smallest absolute Gasteiger partial charge is 0.0682 e. The van der Waals surface area contributed by atoms with Crippen molar-refractivity contribution in [3.8, 4) is 0 Å². The van der Waals surface area contributed by atoms with Crippen molar-refractivity contribution in [3.05, 3.63) is 35.9 Å². The van der Waals surface area contributed by atoms with Gasteiger partial charge in [-0.3, -0.25) is 0 Å². The molecule has 1 aromatic carbocycles. The van der Waals surface area contributed by atoms with Crippen LogP contribution in [0.25, 0.3) is 0 Å². The molecule has 0 aromatic heterocycles. The molecular weight excluding hydrogens is 174 g/mol. The Morgan fingerprint density at radius 1 is 1.50 bits per heavy atom. The van der Waals surface area contributed by atoms with Gasteiger partial charge in [-0.25, -0.2) is 5.48 Å². The summed E-state index contributed by atoms with van der Waals surface area (Å²) in [7, 11) is 0. The Labute approximate surface area is 86.2 Å². The maximum Gasteiger partial charge on any atom is 0.0682 e. The lowest BCUT2D eigenvalue weighted by molar-refractivity contribution is 0.0401. The standard InChI is InChI=1S/C12H18NO/c1-2-3-11-14-13-10-9-12-7-5-4-6-8-12/h4-5,7-8,13H,2-3,9-11H2,1H3. The summed E-state index contributed by atoms with van der Waals surface area (Å²) in [5.41, 5.74) is 4.25. The van der Waals surface area contributed by atoms with Gasteiger partial charge in [-0.05, 0) is 24.5 Å². The van der Waals surface area contributed by atoms with Crippen LogP contribution < -0.4 is 5.48 Å². The Balaban J connectivity index is 1.99. The van der Waals surface area contributed by atoms with Gasteiger partial charge in [0.05, 0.1) is 6.61 Å². The number of rotatable bonds is 7. The van der Waals surface area contributed by atoms with E-state index in [0.29, 0.717) is 0 Å². The lowest BCUT2D eigenvalue weighted by atomic mass is 10.2. The van der Waals surface area contributed by atoms with E-state index in [1.807, 2.05) is 18.2 Å². The van der Waals surface area contributed by atoms with Crippen LogP contribution in [0.5, 0.6) is 0 Å². The van der Waals surface area contributed by atoms with E-state index in [4.69, 9.17) is 4.84 Å². The number of benzene rings is 1. The molecule has 2 nitrogen and oxygen atoms in total. The molecule has 2 heteroatoms. The van der Waals surface area contributed by atoms with Gasteiger partial charge in [0.2, 0.25) is 0 Å². The fourth-order valence-corrected chi connectivity index (χ4v) is 1.14. The molecule has 0 saturated heterocycles. The predicted molar refractivity (Wildman–Crippen MR) is 57.8 cm³/mol. The van der Waals surface area contributed by atoms with Gasteiger partial charge >= 0.3 is 0 Å². The monoisotopic (exact) mass is 192 g/mol. The van der Waals surface area contributed by atoms with Gasteiger partial charge in [-0.1, -0.05) is 37.6 Å². The molecule has 0 aliphatic carbocycles. The Morgan fingerprint density at radius 3 is 3.14 bits per heavy atom. The minimum atomic E-state index is 0.803. The third-order valence-electron chi connectivity index (χ3n) is 1.99. The lowest BCUT2D eigenvalue weighted by Crippen LogP contribution is -2.18. The molecule has 0 atom stereocenters. The molecular formula is C12H18NO. The zero-order chi connectivity index (χ0) is 10.1. The van der Waals surface area contributed by atoms with Crippen LogP contribution in [0.15, 0.2) is 24.3 Å². The molecule has 0 aliphatic rings. The molecule has 1 N–H and O–H groups in total. The summed E-state index contributed by atoms with van der Waals surface area (Å²) in [6, 6.07) is 11.1. The molecule has 0 amide bonds. The van der Waals surface area contributed by atoms with Gasteiger partial charge in [-0.2, -0.15) is 0 Å². The van der Waals surface area contributed by atoms with E-state index in [1.54, 1.807) is 0 Å². The van der Waals surface area contributed by atoms with Gasteiger partial charge < -0.3 is 4.84 Å². The van der Waals surface area contributed by atoms with E-state index >= 15 is 0 Å². The summed E-state index contributed by atoms with van der Waals surface area (Å²) >= 11 is 0. The zero-order valence-corrected chi connectivity index (χ0v) is 8.75. The molecule has 77 valence electrons. The second-order valence-corrected chi connectivity index (χ2v) is 3.26. The molecule has 0 unspecified atom stereocenters. The van der Waals surface area contributed by atoms with Gasteiger partial charge in [0.1, 0.15) is 0 Å². The highest BCUT2D eigenvalue weighted by Gasteiger charge is 1.91. The number of hydrogen-bond acceptors (Lipinski definition) is 2. The Bertz CT molecular complexity index is 223. The Morgan fingerprint density at radius 2 is 2.43 bits per heavy atom. The maximum atomic E-state index is 5.24. The fraction of sp³-hybridized carbons (Fsp3) is 0.500. The van der Waals surface area contributed by atoms with E-state index < -0.39 is 0 Å². The molecule has 0 heterocycles. The number of hydrogen-bond donors (Lipinski definition) is 1. The number of nitrogens with one attached hydrogen (secondary N) is 1. The summed E-state index contributed by atoms with van der Waals surface area (Å²) in [6.07, 6.45) is 3.28. The number of hydroxylamine groups is 1. The molecule has 1 aromatic rings. The van der Waals surface area contributed by atoms with Crippen LogP contribution in [0.2, 0.25) is 0 Å². The minimum Gasteiger partial charge on any atom is -0.302 e. The molecule has 0 fully saturated rings. The molecule has 0 saturated carbocycles. The van der Waals surface area contributed by atoms with Crippen LogP contribution in [-0.4, -0.2) is 13.2 Å². The van der Waals surface area contributed by atoms with Crippen molar-refractivity contribution in [1.29, 1.82) is 0 Å². The molecule has 0 bridgehead atoms. The van der Waals surface area contributed by atoms with E-state index in [9.17, 15) is 0 Å². The van der Waals surface area contributed by atoms with E-state index in [0.717, 1.165) is 26.0 Å². The van der Waals surface area contributed by atoms with Crippen molar-refractivity contribution in [1.82, 2.24) is 5.48 Å². The molecule has 0 spiro atoms.